The van der Waals surface area contributed by atoms with Crippen LogP contribution in [0.25, 0.3) is 27.9 Å². The van der Waals surface area contributed by atoms with Gasteiger partial charge >= 0.3 is 6.18 Å². The molecule has 0 aliphatic heterocycles. The lowest BCUT2D eigenvalue weighted by atomic mass is 10.0. The smallest absolute Gasteiger partial charge is 0.263 e. The third kappa shape index (κ3) is 5.33. The molecule has 0 unspecified atom stereocenters. The monoisotopic (exact) mass is 595 g/mol. The topological polar surface area (TPSA) is 118 Å². The van der Waals surface area contributed by atoms with Crippen LogP contribution < -0.4 is 0 Å². The van der Waals surface area contributed by atoms with E-state index in [0.717, 1.165) is 12.3 Å². The summed E-state index contributed by atoms with van der Waals surface area (Å²) in [6.07, 6.45) is 4.48. The van der Waals surface area contributed by atoms with E-state index in [9.17, 15) is 13.2 Å². The number of nitrogens with zero attached hydrogens (tertiary/aromatic N) is 11. The molecular formula is C26H18ClF4N11. The van der Waals surface area contributed by atoms with Crippen LogP contribution in [0.1, 0.15) is 23.1 Å². The molecule has 0 amide bonds. The molecular weight excluding hydrogens is 578 g/mol. The molecule has 0 saturated carbocycles. The van der Waals surface area contributed by atoms with E-state index in [0.29, 0.717) is 40.2 Å². The molecule has 11 nitrogen and oxygen atoms in total. The number of aryl methyl sites for hydroxylation is 1. The molecule has 0 N–H and O–H groups in total. The minimum atomic E-state index is -4.58. The van der Waals surface area contributed by atoms with Gasteiger partial charge in [0.15, 0.2) is 5.82 Å². The van der Waals surface area contributed by atoms with E-state index in [2.05, 4.69) is 40.9 Å². The van der Waals surface area contributed by atoms with Gasteiger partial charge in [0.2, 0.25) is 0 Å². The average Bonchev–Trinajstić information content (AvgIpc) is 3.76. The van der Waals surface area contributed by atoms with Gasteiger partial charge in [0.25, 0.3) is 0 Å². The van der Waals surface area contributed by atoms with E-state index in [1.807, 2.05) is 0 Å². The largest absolute Gasteiger partial charge is 0.433 e. The second-order valence-electron chi connectivity index (χ2n) is 9.22. The molecule has 0 saturated heterocycles. The predicted molar refractivity (Wildman–Crippen MR) is 141 cm³/mol. The fourth-order valence-corrected chi connectivity index (χ4v) is 4.63. The van der Waals surface area contributed by atoms with Crippen LogP contribution in [0, 0.1) is 5.82 Å². The van der Waals surface area contributed by atoms with Gasteiger partial charge in [0.1, 0.15) is 12.0 Å². The van der Waals surface area contributed by atoms with E-state index in [-0.39, 0.29) is 10.6 Å². The van der Waals surface area contributed by atoms with Gasteiger partial charge in [-0.3, -0.25) is 19.3 Å². The van der Waals surface area contributed by atoms with Gasteiger partial charge < -0.3 is 0 Å². The summed E-state index contributed by atoms with van der Waals surface area (Å²) in [7, 11) is 1.73. The summed E-state index contributed by atoms with van der Waals surface area (Å²) in [5, 5.41) is 23.6. The standard InChI is InChI=1S/C26H18ClF4N11/c1-40-13-18(36-38-40)9-22(41-12-17(11-35-41)15-6-7-32-23(8-15)26(29,30)31)20-4-2-16(10-33-20)24-21(42-14-34-37-39-42)5-3-19(27)25(24)28/h2-8,10-14,22H,9H2,1H3/t22-/m1/s1. The maximum absolute atomic E-state index is 15.3. The SMILES string of the molecule is Cn1cc(C[C@H](c2ccc(-c3c(-n4cnnn4)ccc(Cl)c3F)cn2)n2cc(-c3ccnc(C(F)(F)F)c3)cn2)nn1. The van der Waals surface area contributed by atoms with Crippen LogP contribution in [-0.4, -0.2) is 54.9 Å². The molecule has 0 aliphatic carbocycles. The van der Waals surface area contributed by atoms with Gasteiger partial charge in [-0.05, 0) is 46.3 Å². The van der Waals surface area contributed by atoms with Crippen molar-refractivity contribution in [3.05, 3.63) is 102 Å². The van der Waals surface area contributed by atoms with Crippen LogP contribution in [0.15, 0.2) is 73.7 Å². The minimum Gasteiger partial charge on any atom is -0.263 e. The van der Waals surface area contributed by atoms with Crippen molar-refractivity contribution in [1.82, 2.24) is 54.9 Å². The maximum atomic E-state index is 15.3. The number of pyridine rings is 2. The quantitative estimate of drug-likeness (QED) is 0.243. The molecule has 6 rings (SSSR count). The Balaban J connectivity index is 1.38. The first-order chi connectivity index (χ1) is 20.2. The summed E-state index contributed by atoms with van der Waals surface area (Å²) >= 11 is 6.09. The van der Waals surface area contributed by atoms with Gasteiger partial charge in [0, 0.05) is 54.9 Å². The molecule has 0 radical (unpaired) electrons. The van der Waals surface area contributed by atoms with Gasteiger partial charge in [0.05, 0.1) is 34.3 Å². The molecule has 0 bridgehead atoms. The molecule has 6 aromatic rings. The van der Waals surface area contributed by atoms with Crippen molar-refractivity contribution in [2.45, 2.75) is 18.6 Å². The molecule has 0 aliphatic rings. The first-order valence-electron chi connectivity index (χ1n) is 12.3. The van der Waals surface area contributed by atoms with Crippen molar-refractivity contribution in [3.8, 4) is 27.9 Å². The Bertz CT molecular complexity index is 1850. The summed E-state index contributed by atoms with van der Waals surface area (Å²) < 4.78 is 59.5. The third-order valence-electron chi connectivity index (χ3n) is 6.44. The number of rotatable bonds is 7. The fourth-order valence-electron chi connectivity index (χ4n) is 4.47. The van der Waals surface area contributed by atoms with Gasteiger partial charge in [-0.2, -0.15) is 23.0 Å². The van der Waals surface area contributed by atoms with Crippen LogP contribution in [0.2, 0.25) is 5.02 Å². The maximum Gasteiger partial charge on any atom is 0.433 e. The molecule has 0 fully saturated rings. The van der Waals surface area contributed by atoms with Crippen molar-refractivity contribution in [1.29, 1.82) is 0 Å². The molecule has 0 spiro atoms. The van der Waals surface area contributed by atoms with Gasteiger partial charge in [-0.1, -0.05) is 22.9 Å². The number of tetrazole rings is 1. The van der Waals surface area contributed by atoms with Crippen LogP contribution in [0.4, 0.5) is 17.6 Å². The molecule has 1 atom stereocenters. The number of hydrogen-bond donors (Lipinski definition) is 0. The molecule has 5 heterocycles. The van der Waals surface area contributed by atoms with Crippen LogP contribution in [0.3, 0.4) is 0 Å². The number of benzene rings is 1. The van der Waals surface area contributed by atoms with E-state index in [1.54, 1.807) is 47.0 Å². The Morgan fingerprint density at radius 3 is 2.50 bits per heavy atom. The van der Waals surface area contributed by atoms with Crippen molar-refractivity contribution in [2.24, 2.45) is 7.05 Å². The average molecular weight is 596 g/mol. The van der Waals surface area contributed by atoms with Crippen molar-refractivity contribution in [2.75, 3.05) is 0 Å². The molecule has 42 heavy (non-hydrogen) atoms. The third-order valence-corrected chi connectivity index (χ3v) is 6.73. The lowest BCUT2D eigenvalue weighted by Gasteiger charge is -2.17. The van der Waals surface area contributed by atoms with Crippen molar-refractivity contribution < 1.29 is 17.6 Å². The van der Waals surface area contributed by atoms with E-state index >= 15 is 4.39 Å². The molecule has 16 heteroatoms. The van der Waals surface area contributed by atoms with Crippen LogP contribution in [-0.2, 0) is 19.6 Å². The van der Waals surface area contributed by atoms with Crippen LogP contribution >= 0.6 is 11.6 Å². The Labute approximate surface area is 239 Å². The zero-order chi connectivity index (χ0) is 29.4. The predicted octanol–water partition coefficient (Wildman–Crippen LogP) is 4.75. The van der Waals surface area contributed by atoms with Crippen molar-refractivity contribution in [3.63, 3.8) is 0 Å². The Morgan fingerprint density at radius 1 is 0.952 bits per heavy atom. The highest BCUT2D eigenvalue weighted by molar-refractivity contribution is 6.31. The number of alkyl halides is 3. The first kappa shape index (κ1) is 27.1. The minimum absolute atomic E-state index is 0.0831. The highest BCUT2D eigenvalue weighted by atomic mass is 35.5. The Hall–Kier alpha value is -5.05. The highest BCUT2D eigenvalue weighted by Gasteiger charge is 2.32. The lowest BCUT2D eigenvalue weighted by Crippen LogP contribution is -2.16. The molecule has 1 aromatic carbocycles. The number of halogens is 5. The van der Waals surface area contributed by atoms with Crippen LogP contribution in [0.5, 0.6) is 0 Å². The van der Waals surface area contributed by atoms with Gasteiger partial charge in [-0.25, -0.2) is 4.39 Å². The second kappa shape index (κ2) is 10.7. The Kier molecular flexibility index (Phi) is 6.94. The summed E-state index contributed by atoms with van der Waals surface area (Å²) in [6.45, 7) is 0. The zero-order valence-electron chi connectivity index (χ0n) is 21.5. The number of hydrogen-bond acceptors (Lipinski definition) is 8. The summed E-state index contributed by atoms with van der Waals surface area (Å²) in [6, 6.07) is 8.29. The zero-order valence-corrected chi connectivity index (χ0v) is 22.3. The second-order valence-corrected chi connectivity index (χ2v) is 9.63. The molecule has 5 aromatic heterocycles. The highest BCUT2D eigenvalue weighted by Crippen LogP contribution is 2.34. The number of aromatic nitrogens is 11. The fraction of sp³-hybridized carbons (Fsp3) is 0.154. The van der Waals surface area contributed by atoms with E-state index in [4.69, 9.17) is 11.6 Å². The van der Waals surface area contributed by atoms with Crippen molar-refractivity contribution >= 4 is 11.6 Å². The first-order valence-corrected chi connectivity index (χ1v) is 12.7. The van der Waals surface area contributed by atoms with E-state index in [1.165, 1.54) is 35.5 Å². The van der Waals surface area contributed by atoms with Gasteiger partial charge in [-0.15, -0.1) is 10.2 Å². The lowest BCUT2D eigenvalue weighted by molar-refractivity contribution is -0.141. The normalized spacial score (nSPS) is 12.5. The summed E-state index contributed by atoms with van der Waals surface area (Å²) in [5.41, 5.74) is 1.86. The molecule has 212 valence electrons. The summed E-state index contributed by atoms with van der Waals surface area (Å²) in [4.78, 5) is 8.04. The Morgan fingerprint density at radius 2 is 1.81 bits per heavy atom. The summed E-state index contributed by atoms with van der Waals surface area (Å²) in [5.74, 6) is -0.664. The van der Waals surface area contributed by atoms with E-state index < -0.39 is 23.7 Å².